The predicted octanol–water partition coefficient (Wildman–Crippen LogP) is 4.06. The zero-order valence-corrected chi connectivity index (χ0v) is 18.2. The third-order valence-corrected chi connectivity index (χ3v) is 5.25. The predicted molar refractivity (Wildman–Crippen MR) is 112 cm³/mol. The van der Waals surface area contributed by atoms with Crippen molar-refractivity contribution in [3.05, 3.63) is 76.7 Å². The lowest BCUT2D eigenvalue weighted by molar-refractivity contribution is -0.154. The number of hydrogen-bond acceptors (Lipinski definition) is 7. The zero-order chi connectivity index (χ0) is 24.5. The monoisotopic (exact) mass is 472 g/mol. The van der Waals surface area contributed by atoms with E-state index in [1.807, 2.05) is 0 Å². The highest BCUT2D eigenvalue weighted by Crippen LogP contribution is 2.33. The standard InChI is InChI=1S/C23H19F3N4O4/c1-13-10-18(28-29-20(13)33-12-23(24,25)26)14(2)30-11-17-16(21(30)31)8-9-27-19(17)22(32)34-15-6-4-3-5-7-15/h3-10,14H,11-12H2,1-2H3. The minimum Gasteiger partial charge on any atom is -0.467 e. The van der Waals surface area contributed by atoms with Crippen LogP contribution in [0.1, 0.15) is 50.6 Å². The number of pyridine rings is 1. The van der Waals surface area contributed by atoms with Crippen LogP contribution in [0, 0.1) is 6.92 Å². The minimum absolute atomic E-state index is 0.0302. The summed E-state index contributed by atoms with van der Waals surface area (Å²) < 4.78 is 47.3. The van der Waals surface area contributed by atoms with Gasteiger partial charge in [0.05, 0.1) is 11.7 Å². The lowest BCUT2D eigenvalue weighted by Gasteiger charge is -2.24. The highest BCUT2D eigenvalue weighted by Gasteiger charge is 2.36. The maximum atomic E-state index is 13.1. The molecular weight excluding hydrogens is 453 g/mol. The summed E-state index contributed by atoms with van der Waals surface area (Å²) in [5, 5.41) is 7.70. The summed E-state index contributed by atoms with van der Waals surface area (Å²) in [7, 11) is 0. The van der Waals surface area contributed by atoms with E-state index in [0.717, 1.165) is 0 Å². The number of aromatic nitrogens is 3. The molecule has 0 aliphatic carbocycles. The molecule has 0 radical (unpaired) electrons. The molecule has 11 heteroatoms. The van der Waals surface area contributed by atoms with E-state index >= 15 is 0 Å². The number of para-hydroxylation sites is 1. The molecule has 8 nitrogen and oxygen atoms in total. The Labute approximate surface area is 192 Å². The fourth-order valence-electron chi connectivity index (χ4n) is 3.53. The van der Waals surface area contributed by atoms with Gasteiger partial charge in [-0.3, -0.25) is 4.79 Å². The molecule has 0 N–H and O–H groups in total. The first-order valence-electron chi connectivity index (χ1n) is 10.2. The van der Waals surface area contributed by atoms with E-state index in [0.29, 0.717) is 28.1 Å². The number of aryl methyl sites for hydroxylation is 1. The number of nitrogens with zero attached hydrogens (tertiary/aromatic N) is 4. The third kappa shape index (κ3) is 4.82. The van der Waals surface area contributed by atoms with Gasteiger partial charge in [0.1, 0.15) is 5.75 Å². The molecule has 1 aliphatic heterocycles. The molecule has 1 amide bonds. The number of amides is 1. The Hall–Kier alpha value is -4.02. The number of rotatable bonds is 6. The first-order valence-corrected chi connectivity index (χ1v) is 10.2. The molecular formula is C23H19F3N4O4. The van der Waals surface area contributed by atoms with Gasteiger partial charge in [-0.1, -0.05) is 18.2 Å². The van der Waals surface area contributed by atoms with Gasteiger partial charge in [0.15, 0.2) is 12.3 Å². The molecule has 0 saturated heterocycles. The lowest BCUT2D eigenvalue weighted by Crippen LogP contribution is -2.28. The van der Waals surface area contributed by atoms with Crippen molar-refractivity contribution in [3.63, 3.8) is 0 Å². The van der Waals surface area contributed by atoms with Gasteiger partial charge in [0, 0.05) is 29.4 Å². The quantitative estimate of drug-likeness (QED) is 0.395. The third-order valence-electron chi connectivity index (χ3n) is 5.25. The van der Waals surface area contributed by atoms with Crippen molar-refractivity contribution in [2.45, 2.75) is 32.6 Å². The number of halogens is 3. The first-order chi connectivity index (χ1) is 16.1. The number of hydrogen-bond donors (Lipinski definition) is 0. The van der Waals surface area contributed by atoms with Crippen molar-refractivity contribution >= 4 is 11.9 Å². The number of alkyl halides is 3. The van der Waals surface area contributed by atoms with Crippen LogP contribution in [0.25, 0.3) is 0 Å². The molecule has 0 fully saturated rings. The van der Waals surface area contributed by atoms with Crippen LogP contribution in [-0.2, 0) is 6.54 Å². The Morgan fingerprint density at radius 2 is 1.91 bits per heavy atom. The Balaban J connectivity index is 1.53. The van der Waals surface area contributed by atoms with Crippen molar-refractivity contribution < 1.29 is 32.2 Å². The summed E-state index contributed by atoms with van der Waals surface area (Å²) in [6, 6.07) is 10.9. The molecule has 34 heavy (non-hydrogen) atoms. The van der Waals surface area contributed by atoms with E-state index < -0.39 is 24.8 Å². The molecule has 0 spiro atoms. The van der Waals surface area contributed by atoms with Crippen molar-refractivity contribution in [2.75, 3.05) is 6.61 Å². The molecule has 0 saturated carbocycles. The topological polar surface area (TPSA) is 94.5 Å². The number of carbonyl (C=O) groups excluding carboxylic acids is 2. The van der Waals surface area contributed by atoms with Gasteiger partial charge in [-0.05, 0) is 38.1 Å². The molecule has 1 aliphatic rings. The highest BCUT2D eigenvalue weighted by atomic mass is 19.4. The van der Waals surface area contributed by atoms with Crippen LogP contribution < -0.4 is 9.47 Å². The smallest absolute Gasteiger partial charge is 0.422 e. The average molecular weight is 472 g/mol. The summed E-state index contributed by atoms with van der Waals surface area (Å²) in [5.41, 5.74) is 1.48. The van der Waals surface area contributed by atoms with E-state index in [2.05, 4.69) is 19.9 Å². The lowest BCUT2D eigenvalue weighted by atomic mass is 10.1. The Morgan fingerprint density at radius 1 is 1.18 bits per heavy atom. The van der Waals surface area contributed by atoms with Crippen LogP contribution in [-0.4, -0.2) is 44.7 Å². The summed E-state index contributed by atoms with van der Waals surface area (Å²) in [5.74, 6) is -0.915. The number of fused-ring (bicyclic) bond motifs is 1. The van der Waals surface area contributed by atoms with Gasteiger partial charge in [-0.25, -0.2) is 9.78 Å². The average Bonchev–Trinajstić information content (AvgIpc) is 3.14. The molecule has 3 aromatic rings. The van der Waals surface area contributed by atoms with Gasteiger partial charge in [0.25, 0.3) is 5.91 Å². The van der Waals surface area contributed by atoms with Gasteiger partial charge in [0.2, 0.25) is 5.88 Å². The minimum atomic E-state index is -4.50. The van der Waals surface area contributed by atoms with E-state index in [1.165, 1.54) is 23.2 Å². The van der Waals surface area contributed by atoms with Crippen LogP contribution in [0.5, 0.6) is 11.6 Å². The van der Waals surface area contributed by atoms with Crippen LogP contribution in [0.2, 0.25) is 0 Å². The summed E-state index contributed by atoms with van der Waals surface area (Å²) in [6.07, 6.45) is -3.13. The normalized spacial score (nSPS) is 14.0. The molecule has 176 valence electrons. The van der Waals surface area contributed by atoms with Gasteiger partial charge >= 0.3 is 12.1 Å². The highest BCUT2D eigenvalue weighted by molar-refractivity contribution is 6.02. The number of carbonyl (C=O) groups is 2. The Kier molecular flexibility index (Phi) is 6.18. The fourth-order valence-corrected chi connectivity index (χ4v) is 3.53. The van der Waals surface area contributed by atoms with E-state index in [1.54, 1.807) is 44.2 Å². The summed E-state index contributed by atoms with van der Waals surface area (Å²) in [6.45, 7) is 1.85. The van der Waals surface area contributed by atoms with Gasteiger partial charge in [-0.15, -0.1) is 10.2 Å². The maximum Gasteiger partial charge on any atom is 0.422 e. The largest absolute Gasteiger partial charge is 0.467 e. The van der Waals surface area contributed by atoms with E-state index in [9.17, 15) is 22.8 Å². The molecule has 3 heterocycles. The molecule has 1 unspecified atom stereocenters. The SMILES string of the molecule is Cc1cc(C(C)N2Cc3c(ccnc3C(=O)Oc3ccccc3)C2=O)nnc1OCC(F)(F)F. The summed E-state index contributed by atoms with van der Waals surface area (Å²) in [4.78, 5) is 31.4. The zero-order valence-electron chi connectivity index (χ0n) is 18.2. The van der Waals surface area contributed by atoms with Crippen molar-refractivity contribution in [2.24, 2.45) is 0 Å². The van der Waals surface area contributed by atoms with Gasteiger partial charge < -0.3 is 14.4 Å². The van der Waals surface area contributed by atoms with E-state index in [-0.39, 0.29) is 24.0 Å². The second-order valence-electron chi connectivity index (χ2n) is 7.66. The molecule has 0 bridgehead atoms. The van der Waals surface area contributed by atoms with Crippen molar-refractivity contribution in [3.8, 4) is 11.6 Å². The maximum absolute atomic E-state index is 13.1. The number of benzene rings is 1. The van der Waals surface area contributed by atoms with E-state index in [4.69, 9.17) is 4.74 Å². The van der Waals surface area contributed by atoms with Crippen molar-refractivity contribution in [1.29, 1.82) is 0 Å². The molecule has 1 aromatic carbocycles. The second-order valence-corrected chi connectivity index (χ2v) is 7.66. The molecule has 4 rings (SSSR count). The Morgan fingerprint density at radius 3 is 2.59 bits per heavy atom. The van der Waals surface area contributed by atoms with Crippen LogP contribution in [0.15, 0.2) is 48.7 Å². The summed E-state index contributed by atoms with van der Waals surface area (Å²) >= 11 is 0. The number of esters is 1. The van der Waals surface area contributed by atoms with Crippen molar-refractivity contribution in [1.82, 2.24) is 20.1 Å². The Bertz CT molecular complexity index is 1230. The van der Waals surface area contributed by atoms with Crippen LogP contribution >= 0.6 is 0 Å². The van der Waals surface area contributed by atoms with Crippen LogP contribution in [0.3, 0.4) is 0 Å². The number of ether oxygens (including phenoxy) is 2. The second kappa shape index (κ2) is 9.08. The van der Waals surface area contributed by atoms with Crippen LogP contribution in [0.4, 0.5) is 13.2 Å². The molecule has 1 atom stereocenters. The fraction of sp³-hybridized carbons (Fsp3) is 0.261. The van der Waals surface area contributed by atoms with Gasteiger partial charge in [-0.2, -0.15) is 13.2 Å². The molecule has 2 aromatic heterocycles. The first kappa shape index (κ1) is 23.1.